The van der Waals surface area contributed by atoms with Crippen molar-refractivity contribution < 1.29 is 5.11 Å². The second kappa shape index (κ2) is 10.1. The molecular formula is C19H36N4OS. The van der Waals surface area contributed by atoms with Gasteiger partial charge in [0.2, 0.25) is 0 Å². The van der Waals surface area contributed by atoms with Gasteiger partial charge in [-0.15, -0.1) is 11.3 Å². The van der Waals surface area contributed by atoms with Gasteiger partial charge in [-0.25, -0.2) is 9.98 Å². The molecule has 5 nitrogen and oxygen atoms in total. The molecule has 1 rings (SSSR count). The largest absolute Gasteiger partial charge is 0.396 e. The minimum Gasteiger partial charge on any atom is -0.396 e. The van der Waals surface area contributed by atoms with Crippen LogP contribution in [-0.4, -0.2) is 35.7 Å². The maximum absolute atomic E-state index is 9.37. The first-order valence-corrected chi connectivity index (χ1v) is 10.3. The highest BCUT2D eigenvalue weighted by Crippen LogP contribution is 2.29. The summed E-state index contributed by atoms with van der Waals surface area (Å²) in [6, 6.07) is 0. The van der Waals surface area contributed by atoms with Gasteiger partial charge in [0.1, 0.15) is 0 Å². The number of hydrogen-bond acceptors (Lipinski definition) is 4. The third-order valence-electron chi connectivity index (χ3n) is 4.71. The Morgan fingerprint density at radius 3 is 2.36 bits per heavy atom. The van der Waals surface area contributed by atoms with Crippen molar-refractivity contribution in [2.24, 2.45) is 10.4 Å². The fraction of sp³-hybridized carbons (Fsp3) is 0.789. The molecule has 0 radical (unpaired) electrons. The fourth-order valence-corrected chi connectivity index (χ4v) is 3.57. The quantitative estimate of drug-likeness (QED) is 0.459. The number of rotatable bonds is 9. The van der Waals surface area contributed by atoms with E-state index in [2.05, 4.69) is 62.5 Å². The molecule has 25 heavy (non-hydrogen) atoms. The van der Waals surface area contributed by atoms with Crippen LogP contribution in [0.3, 0.4) is 0 Å². The van der Waals surface area contributed by atoms with Gasteiger partial charge in [0.05, 0.1) is 17.2 Å². The lowest BCUT2D eigenvalue weighted by molar-refractivity contribution is 0.169. The number of aliphatic hydroxyl groups is 1. The maximum atomic E-state index is 9.37. The van der Waals surface area contributed by atoms with Crippen LogP contribution < -0.4 is 10.6 Å². The molecule has 0 aliphatic rings. The number of guanidine groups is 1. The predicted molar refractivity (Wildman–Crippen MR) is 108 cm³/mol. The molecule has 6 heteroatoms. The molecular weight excluding hydrogens is 332 g/mol. The smallest absolute Gasteiger partial charge is 0.191 e. The van der Waals surface area contributed by atoms with Crippen molar-refractivity contribution in [3.63, 3.8) is 0 Å². The molecule has 1 aromatic heterocycles. The van der Waals surface area contributed by atoms with Crippen LogP contribution in [0.1, 0.15) is 71.5 Å². The van der Waals surface area contributed by atoms with Crippen molar-refractivity contribution in [1.82, 2.24) is 15.6 Å². The van der Waals surface area contributed by atoms with Crippen molar-refractivity contribution >= 4 is 17.3 Å². The molecule has 0 spiro atoms. The molecule has 0 bridgehead atoms. The van der Waals surface area contributed by atoms with E-state index in [0.29, 0.717) is 6.54 Å². The highest BCUT2D eigenvalue weighted by Gasteiger charge is 2.25. The first-order valence-electron chi connectivity index (χ1n) is 9.38. The van der Waals surface area contributed by atoms with E-state index in [1.54, 1.807) is 11.3 Å². The summed E-state index contributed by atoms with van der Waals surface area (Å²) >= 11 is 1.70. The lowest BCUT2D eigenvalue weighted by Crippen LogP contribution is -2.43. The van der Waals surface area contributed by atoms with Gasteiger partial charge in [0.15, 0.2) is 5.96 Å². The van der Waals surface area contributed by atoms with E-state index in [1.807, 2.05) is 0 Å². The van der Waals surface area contributed by atoms with Crippen LogP contribution in [0.2, 0.25) is 0 Å². The van der Waals surface area contributed by atoms with Gasteiger partial charge >= 0.3 is 0 Å². The monoisotopic (exact) mass is 368 g/mol. The number of aliphatic hydroxyl groups excluding tert-OH is 1. The molecule has 1 aromatic rings. The Morgan fingerprint density at radius 1 is 1.20 bits per heavy atom. The number of aliphatic imine (C=N–C) groups is 1. The topological polar surface area (TPSA) is 69.5 Å². The lowest BCUT2D eigenvalue weighted by Gasteiger charge is -2.32. The van der Waals surface area contributed by atoms with Gasteiger partial charge in [-0.05, 0) is 31.6 Å². The number of nitrogens with one attached hydrogen (secondary N) is 2. The van der Waals surface area contributed by atoms with Gasteiger partial charge in [-0.3, -0.25) is 0 Å². The Labute approximate surface area is 157 Å². The number of aromatic nitrogens is 1. The van der Waals surface area contributed by atoms with E-state index in [0.717, 1.165) is 49.0 Å². The molecule has 0 amide bonds. The van der Waals surface area contributed by atoms with E-state index in [4.69, 9.17) is 4.98 Å². The summed E-state index contributed by atoms with van der Waals surface area (Å²) in [5.41, 5.74) is 1.21. The van der Waals surface area contributed by atoms with Crippen LogP contribution in [0.25, 0.3) is 0 Å². The van der Waals surface area contributed by atoms with E-state index in [1.165, 1.54) is 0 Å². The Kier molecular flexibility index (Phi) is 8.86. The molecule has 0 fully saturated rings. The van der Waals surface area contributed by atoms with Crippen molar-refractivity contribution in [1.29, 1.82) is 0 Å². The Balaban J connectivity index is 2.75. The molecule has 0 unspecified atom stereocenters. The van der Waals surface area contributed by atoms with Crippen LogP contribution in [0.5, 0.6) is 0 Å². The standard InChI is InChI=1S/C19H36N4OS/c1-7-19(8-2,10-11-24)14-22-17(20-9-3)21-12-15-13-25-16(23-15)18(4,5)6/h13,24H,7-12,14H2,1-6H3,(H2,20,21,22). The molecule has 0 aliphatic heterocycles. The van der Waals surface area contributed by atoms with Crippen LogP contribution in [0, 0.1) is 5.41 Å². The summed E-state index contributed by atoms with van der Waals surface area (Å²) in [7, 11) is 0. The third-order valence-corrected chi connectivity index (χ3v) is 6.03. The molecule has 144 valence electrons. The predicted octanol–water partition coefficient (Wildman–Crippen LogP) is 3.68. The van der Waals surface area contributed by atoms with E-state index in [9.17, 15) is 5.11 Å². The number of nitrogens with zero attached hydrogens (tertiary/aromatic N) is 2. The molecule has 0 saturated heterocycles. The molecule has 0 saturated carbocycles. The highest BCUT2D eigenvalue weighted by atomic mass is 32.1. The summed E-state index contributed by atoms with van der Waals surface area (Å²) in [6.45, 7) is 15.4. The van der Waals surface area contributed by atoms with Gasteiger partial charge < -0.3 is 15.7 Å². The summed E-state index contributed by atoms with van der Waals surface area (Å²) in [5, 5.41) is 19.4. The second-order valence-corrected chi connectivity index (χ2v) is 8.48. The van der Waals surface area contributed by atoms with Gasteiger partial charge in [0.25, 0.3) is 0 Å². The molecule has 1 heterocycles. The Hall–Kier alpha value is -1.14. The average Bonchev–Trinajstić information content (AvgIpc) is 3.05. The van der Waals surface area contributed by atoms with Gasteiger partial charge in [0, 0.05) is 30.5 Å². The van der Waals surface area contributed by atoms with Gasteiger partial charge in [-0.1, -0.05) is 34.6 Å². The van der Waals surface area contributed by atoms with E-state index >= 15 is 0 Å². The van der Waals surface area contributed by atoms with E-state index in [-0.39, 0.29) is 17.4 Å². The summed E-state index contributed by atoms with van der Waals surface area (Å²) in [4.78, 5) is 9.39. The highest BCUT2D eigenvalue weighted by molar-refractivity contribution is 7.09. The Morgan fingerprint density at radius 2 is 1.88 bits per heavy atom. The summed E-state index contributed by atoms with van der Waals surface area (Å²) < 4.78 is 0. The van der Waals surface area contributed by atoms with Crippen molar-refractivity contribution in [2.45, 2.75) is 72.8 Å². The number of thiazole rings is 1. The van der Waals surface area contributed by atoms with Crippen LogP contribution in [0.15, 0.2) is 10.4 Å². The molecule has 0 atom stereocenters. The number of hydrogen-bond donors (Lipinski definition) is 3. The molecule has 0 aliphatic carbocycles. The maximum Gasteiger partial charge on any atom is 0.191 e. The third kappa shape index (κ3) is 6.94. The van der Waals surface area contributed by atoms with Crippen LogP contribution in [0.4, 0.5) is 0 Å². The normalized spacial score (nSPS) is 13.2. The van der Waals surface area contributed by atoms with Crippen molar-refractivity contribution in [3.05, 3.63) is 16.1 Å². The lowest BCUT2D eigenvalue weighted by atomic mass is 9.79. The van der Waals surface area contributed by atoms with Crippen molar-refractivity contribution in [2.75, 3.05) is 19.7 Å². The first kappa shape index (κ1) is 21.9. The summed E-state index contributed by atoms with van der Waals surface area (Å²) in [6.07, 6.45) is 2.89. The first-order chi connectivity index (χ1) is 11.8. The zero-order chi connectivity index (χ0) is 18.9. The molecule has 0 aromatic carbocycles. The average molecular weight is 369 g/mol. The molecule has 3 N–H and O–H groups in total. The zero-order valence-corrected chi connectivity index (χ0v) is 17.6. The fourth-order valence-electron chi connectivity index (χ4n) is 2.68. The minimum atomic E-state index is 0.0848. The van der Waals surface area contributed by atoms with E-state index < -0.39 is 0 Å². The Bertz CT molecular complexity index is 530. The van der Waals surface area contributed by atoms with Crippen LogP contribution >= 0.6 is 11.3 Å². The zero-order valence-electron chi connectivity index (χ0n) is 16.8. The summed E-state index contributed by atoms with van der Waals surface area (Å²) in [5.74, 6) is 0.817. The van der Waals surface area contributed by atoms with Gasteiger partial charge in [-0.2, -0.15) is 0 Å². The van der Waals surface area contributed by atoms with Crippen LogP contribution in [-0.2, 0) is 12.0 Å². The second-order valence-electron chi connectivity index (χ2n) is 7.62. The SMILES string of the molecule is CCNC(=NCc1csc(C(C)(C)C)n1)NCC(CC)(CC)CCO. The minimum absolute atomic E-state index is 0.0848. The van der Waals surface area contributed by atoms with Crippen molar-refractivity contribution in [3.8, 4) is 0 Å².